The van der Waals surface area contributed by atoms with Crippen LogP contribution in [0.1, 0.15) is 0 Å². The number of rotatable bonds is 6. The maximum atomic E-state index is 10.1. The number of carboxylic acid groups (broad SMARTS) is 1. The molecular formula is C5H11BNO4. The molecule has 0 aromatic carbocycles. The molecule has 1 radical (unpaired) electrons. The van der Waals surface area contributed by atoms with Gasteiger partial charge in [0.05, 0.1) is 13.2 Å². The summed E-state index contributed by atoms with van der Waals surface area (Å²) < 4.78 is 0. The van der Waals surface area contributed by atoms with Gasteiger partial charge in [0.2, 0.25) is 0 Å². The van der Waals surface area contributed by atoms with E-state index in [0.29, 0.717) is 0 Å². The highest BCUT2D eigenvalue weighted by molar-refractivity contribution is 6.69. The van der Waals surface area contributed by atoms with E-state index in [1.165, 1.54) is 4.81 Å². The van der Waals surface area contributed by atoms with Crippen molar-refractivity contribution in [2.75, 3.05) is 26.3 Å². The van der Waals surface area contributed by atoms with Gasteiger partial charge in [-0.25, -0.2) is 0 Å². The second-order valence-corrected chi connectivity index (χ2v) is 1.95. The van der Waals surface area contributed by atoms with Crippen molar-refractivity contribution in [1.29, 1.82) is 0 Å². The third kappa shape index (κ3) is 5.84. The second-order valence-electron chi connectivity index (χ2n) is 1.95. The highest BCUT2D eigenvalue weighted by atomic mass is 16.4. The Morgan fingerprint density at radius 1 is 1.27 bits per heavy atom. The van der Waals surface area contributed by atoms with Gasteiger partial charge in [-0.15, -0.1) is 0 Å². The molecule has 0 saturated heterocycles. The molecule has 0 aliphatic rings. The van der Waals surface area contributed by atoms with Gasteiger partial charge in [0, 0.05) is 13.1 Å². The summed E-state index contributed by atoms with van der Waals surface area (Å²) in [5, 5.41) is 25.2. The van der Waals surface area contributed by atoms with Crippen LogP contribution in [0.5, 0.6) is 0 Å². The Morgan fingerprint density at radius 2 is 1.73 bits per heavy atom. The zero-order chi connectivity index (χ0) is 8.69. The van der Waals surface area contributed by atoms with Crippen molar-refractivity contribution in [3.63, 3.8) is 0 Å². The van der Waals surface area contributed by atoms with Crippen LogP contribution in [-0.4, -0.2) is 59.7 Å². The molecule has 3 N–H and O–H groups in total. The third-order valence-electron chi connectivity index (χ3n) is 1.07. The Labute approximate surface area is 65.5 Å². The SMILES string of the molecule is O=C(O)[B]N(CCO)CCO. The smallest absolute Gasteiger partial charge is 0.357 e. The fourth-order valence-electron chi connectivity index (χ4n) is 0.654. The van der Waals surface area contributed by atoms with E-state index in [9.17, 15) is 4.79 Å². The lowest BCUT2D eigenvalue weighted by atomic mass is 9.92. The molecule has 0 aliphatic carbocycles. The van der Waals surface area contributed by atoms with Crippen molar-refractivity contribution in [2.45, 2.75) is 0 Å². The van der Waals surface area contributed by atoms with E-state index in [2.05, 4.69) is 0 Å². The van der Waals surface area contributed by atoms with E-state index in [1.54, 1.807) is 0 Å². The maximum absolute atomic E-state index is 10.1. The van der Waals surface area contributed by atoms with Crippen molar-refractivity contribution in [1.82, 2.24) is 4.81 Å². The van der Waals surface area contributed by atoms with Crippen LogP contribution in [0.3, 0.4) is 0 Å². The van der Waals surface area contributed by atoms with Crippen LogP contribution in [0.2, 0.25) is 0 Å². The normalized spacial score (nSPS) is 10.1. The standard InChI is InChI=1S/C5H11BNO4/c8-3-1-7(2-4-9)6-5(10)11/h8-9H,1-4H2,(H,10,11). The molecule has 0 rings (SSSR count). The lowest BCUT2D eigenvalue weighted by Gasteiger charge is -2.15. The molecular weight excluding hydrogens is 149 g/mol. The predicted molar refractivity (Wildman–Crippen MR) is 39.5 cm³/mol. The van der Waals surface area contributed by atoms with Gasteiger partial charge >= 0.3 is 7.41 Å². The van der Waals surface area contributed by atoms with E-state index in [0.717, 1.165) is 7.41 Å². The molecule has 0 atom stereocenters. The molecule has 0 aromatic heterocycles. The molecule has 0 saturated carbocycles. The lowest BCUT2D eigenvalue weighted by Crippen LogP contribution is -2.37. The Hall–Kier alpha value is -0.585. The topological polar surface area (TPSA) is 81.0 Å². The maximum Gasteiger partial charge on any atom is 0.357 e. The van der Waals surface area contributed by atoms with Crippen molar-refractivity contribution in [2.24, 2.45) is 0 Å². The van der Waals surface area contributed by atoms with Crippen LogP contribution in [0.4, 0.5) is 4.79 Å². The molecule has 5 nitrogen and oxygen atoms in total. The number of carbonyl (C=O) groups is 1. The zero-order valence-electron chi connectivity index (χ0n) is 6.10. The number of hydrogen-bond acceptors (Lipinski definition) is 4. The third-order valence-corrected chi connectivity index (χ3v) is 1.07. The van der Waals surface area contributed by atoms with E-state index in [4.69, 9.17) is 15.3 Å². The van der Waals surface area contributed by atoms with Gasteiger partial charge in [0.25, 0.3) is 5.87 Å². The summed E-state index contributed by atoms with van der Waals surface area (Å²) in [6, 6.07) is 0. The van der Waals surface area contributed by atoms with Gasteiger partial charge in [-0.05, 0) is 0 Å². The first-order valence-electron chi connectivity index (χ1n) is 3.24. The molecule has 63 valence electrons. The van der Waals surface area contributed by atoms with Crippen LogP contribution < -0.4 is 0 Å². The molecule has 0 spiro atoms. The van der Waals surface area contributed by atoms with Gasteiger partial charge < -0.3 is 20.1 Å². The molecule has 0 amide bonds. The summed E-state index contributed by atoms with van der Waals surface area (Å²) >= 11 is 0. The van der Waals surface area contributed by atoms with Crippen LogP contribution in [0, 0.1) is 0 Å². The minimum Gasteiger partial charge on any atom is -0.488 e. The summed E-state index contributed by atoms with van der Waals surface area (Å²) in [7, 11) is 0.937. The average Bonchev–Trinajstić information content (AvgIpc) is 1.87. The fourth-order valence-corrected chi connectivity index (χ4v) is 0.654. The van der Waals surface area contributed by atoms with E-state index >= 15 is 0 Å². The monoisotopic (exact) mass is 160 g/mol. The number of nitrogens with zero attached hydrogens (tertiary/aromatic N) is 1. The summed E-state index contributed by atoms with van der Waals surface area (Å²) in [4.78, 5) is 11.4. The predicted octanol–water partition coefficient (Wildman–Crippen LogP) is -1.43. The molecule has 0 heterocycles. The van der Waals surface area contributed by atoms with E-state index in [-0.39, 0.29) is 26.3 Å². The molecule has 6 heteroatoms. The zero-order valence-corrected chi connectivity index (χ0v) is 6.10. The molecule has 0 aromatic rings. The molecule has 11 heavy (non-hydrogen) atoms. The summed E-state index contributed by atoms with van der Waals surface area (Å²) in [6.07, 6.45) is 0. The number of aliphatic hydroxyl groups excluding tert-OH is 2. The van der Waals surface area contributed by atoms with Gasteiger partial charge in [-0.2, -0.15) is 0 Å². The highest BCUT2D eigenvalue weighted by Gasteiger charge is 2.10. The van der Waals surface area contributed by atoms with Crippen LogP contribution in [-0.2, 0) is 0 Å². The molecule has 0 aliphatic heterocycles. The van der Waals surface area contributed by atoms with Crippen LogP contribution >= 0.6 is 0 Å². The highest BCUT2D eigenvalue weighted by Crippen LogP contribution is 1.83. The minimum atomic E-state index is -1.08. The van der Waals surface area contributed by atoms with Crippen LogP contribution in [0.25, 0.3) is 0 Å². The average molecular weight is 160 g/mol. The van der Waals surface area contributed by atoms with Crippen molar-refractivity contribution in [3.8, 4) is 0 Å². The Morgan fingerprint density at radius 3 is 2.00 bits per heavy atom. The second kappa shape index (κ2) is 6.15. The van der Waals surface area contributed by atoms with Gasteiger partial charge in [0.15, 0.2) is 0 Å². The number of hydrogen-bond donors (Lipinski definition) is 3. The summed E-state index contributed by atoms with van der Waals surface area (Å²) in [6.45, 7) is 0.216. The van der Waals surface area contributed by atoms with Gasteiger partial charge in [-0.3, -0.25) is 4.79 Å². The summed E-state index contributed by atoms with van der Waals surface area (Å²) in [5.74, 6) is -1.08. The first kappa shape index (κ1) is 10.4. The van der Waals surface area contributed by atoms with Crippen molar-refractivity contribution >= 4 is 13.3 Å². The molecule has 0 unspecified atom stereocenters. The Bertz CT molecular complexity index is 115. The quantitative estimate of drug-likeness (QED) is 0.415. The van der Waals surface area contributed by atoms with E-state index < -0.39 is 5.87 Å². The number of aliphatic hydroxyl groups is 2. The van der Waals surface area contributed by atoms with E-state index in [1.807, 2.05) is 0 Å². The first-order valence-corrected chi connectivity index (χ1v) is 3.24. The first-order chi connectivity index (χ1) is 5.20. The van der Waals surface area contributed by atoms with Gasteiger partial charge in [-0.1, -0.05) is 0 Å². The lowest BCUT2D eigenvalue weighted by molar-refractivity contribution is 0.205. The fraction of sp³-hybridized carbons (Fsp3) is 0.800. The minimum absolute atomic E-state index is 0.121. The van der Waals surface area contributed by atoms with Gasteiger partial charge in [0.1, 0.15) is 0 Å². The van der Waals surface area contributed by atoms with Crippen molar-refractivity contribution in [3.05, 3.63) is 0 Å². The Balaban J connectivity index is 3.59. The molecule has 0 fully saturated rings. The Kier molecular flexibility index (Phi) is 5.82. The summed E-state index contributed by atoms with van der Waals surface area (Å²) in [5.41, 5.74) is 0. The largest absolute Gasteiger partial charge is 0.488 e. The molecule has 0 bridgehead atoms. The van der Waals surface area contributed by atoms with Crippen molar-refractivity contribution < 1.29 is 20.1 Å². The van der Waals surface area contributed by atoms with Crippen LogP contribution in [0.15, 0.2) is 0 Å².